The van der Waals surface area contributed by atoms with Gasteiger partial charge in [0.15, 0.2) is 5.84 Å². The van der Waals surface area contributed by atoms with Crippen LogP contribution in [0.15, 0.2) is 22.7 Å². The number of amidine groups is 1. The number of amides is 1. The first-order valence-electron chi connectivity index (χ1n) is 6.54. The summed E-state index contributed by atoms with van der Waals surface area (Å²) in [4.78, 5) is 12.7. The molecule has 1 heterocycles. The highest BCUT2D eigenvalue weighted by molar-refractivity contribution is 7.12. The summed E-state index contributed by atoms with van der Waals surface area (Å²) in [5, 5.41) is 16.7. The average molecular weight is 281 g/mol. The molecule has 1 aromatic rings. The van der Waals surface area contributed by atoms with Crippen LogP contribution in [-0.2, 0) is 0 Å². The van der Waals surface area contributed by atoms with E-state index in [0.717, 1.165) is 25.7 Å². The van der Waals surface area contributed by atoms with E-state index in [9.17, 15) is 4.79 Å². The van der Waals surface area contributed by atoms with Crippen molar-refractivity contribution in [2.24, 2.45) is 16.8 Å². The van der Waals surface area contributed by atoms with Gasteiger partial charge in [0.25, 0.3) is 5.91 Å². The zero-order chi connectivity index (χ0) is 13.7. The number of nitrogens with one attached hydrogen (secondary N) is 1. The Morgan fingerprint density at radius 3 is 2.79 bits per heavy atom. The van der Waals surface area contributed by atoms with E-state index in [1.54, 1.807) is 6.07 Å². The molecule has 104 valence electrons. The van der Waals surface area contributed by atoms with Crippen LogP contribution in [0.2, 0.25) is 0 Å². The van der Waals surface area contributed by atoms with E-state index in [1.807, 2.05) is 11.4 Å². The van der Waals surface area contributed by atoms with Crippen LogP contribution in [0.4, 0.5) is 0 Å². The molecule has 1 atom stereocenters. The molecule has 1 aliphatic rings. The normalized spacial score (nSPS) is 19.1. The van der Waals surface area contributed by atoms with Crippen molar-refractivity contribution >= 4 is 23.1 Å². The molecule has 1 aromatic heterocycles. The van der Waals surface area contributed by atoms with Crippen molar-refractivity contribution < 1.29 is 10.0 Å². The molecule has 0 aromatic carbocycles. The third kappa shape index (κ3) is 3.47. The van der Waals surface area contributed by atoms with E-state index in [2.05, 4.69) is 10.5 Å². The largest absolute Gasteiger partial charge is 0.409 e. The molecule has 0 bridgehead atoms. The summed E-state index contributed by atoms with van der Waals surface area (Å²) in [5.74, 6) is 0.197. The molecule has 2 rings (SSSR count). The molecule has 5 nitrogen and oxygen atoms in total. The lowest BCUT2D eigenvalue weighted by Crippen LogP contribution is -2.49. The zero-order valence-corrected chi connectivity index (χ0v) is 11.5. The number of carbonyl (C=O) groups is 1. The number of hydrogen-bond donors (Lipinski definition) is 3. The zero-order valence-electron chi connectivity index (χ0n) is 10.7. The molecule has 19 heavy (non-hydrogen) atoms. The molecule has 0 radical (unpaired) electrons. The maximum absolute atomic E-state index is 12.1. The summed E-state index contributed by atoms with van der Waals surface area (Å²) in [5.41, 5.74) is 5.74. The second kappa shape index (κ2) is 6.56. The van der Waals surface area contributed by atoms with Gasteiger partial charge in [0.05, 0.1) is 10.9 Å². The first-order valence-corrected chi connectivity index (χ1v) is 7.42. The first-order chi connectivity index (χ1) is 9.22. The number of nitrogens with zero attached hydrogens (tertiary/aromatic N) is 1. The van der Waals surface area contributed by atoms with Gasteiger partial charge in [0.1, 0.15) is 0 Å². The van der Waals surface area contributed by atoms with Gasteiger partial charge in [-0.25, -0.2) is 0 Å². The molecular formula is C13H19N3O2S. The van der Waals surface area contributed by atoms with Gasteiger partial charge >= 0.3 is 0 Å². The standard InChI is InChI=1S/C13H19N3O2S/c14-12(16-18)11(9-5-2-1-3-6-9)15-13(17)10-7-4-8-19-10/h4,7-9,11,18H,1-3,5-6H2,(H2,14,16)(H,15,17). The molecule has 1 aliphatic carbocycles. The van der Waals surface area contributed by atoms with Gasteiger partial charge < -0.3 is 16.3 Å². The minimum Gasteiger partial charge on any atom is -0.409 e. The maximum atomic E-state index is 12.1. The van der Waals surface area contributed by atoms with Gasteiger partial charge in [-0.1, -0.05) is 30.5 Å². The van der Waals surface area contributed by atoms with E-state index in [4.69, 9.17) is 10.9 Å². The average Bonchev–Trinajstić information content (AvgIpc) is 2.99. The Labute approximate surface area is 116 Å². The van der Waals surface area contributed by atoms with Crippen LogP contribution in [0, 0.1) is 5.92 Å². The molecule has 0 saturated heterocycles. The highest BCUT2D eigenvalue weighted by Crippen LogP contribution is 2.27. The monoisotopic (exact) mass is 281 g/mol. The lowest BCUT2D eigenvalue weighted by molar-refractivity contribution is 0.0934. The lowest BCUT2D eigenvalue weighted by Gasteiger charge is -2.29. The van der Waals surface area contributed by atoms with E-state index >= 15 is 0 Å². The molecule has 1 unspecified atom stereocenters. The van der Waals surface area contributed by atoms with E-state index < -0.39 is 0 Å². The Hall–Kier alpha value is -1.56. The van der Waals surface area contributed by atoms with Crippen molar-refractivity contribution in [2.75, 3.05) is 0 Å². The molecular weight excluding hydrogens is 262 g/mol. The Balaban J connectivity index is 2.07. The smallest absolute Gasteiger partial charge is 0.261 e. The summed E-state index contributed by atoms with van der Waals surface area (Å²) in [7, 11) is 0. The van der Waals surface area contributed by atoms with Crippen molar-refractivity contribution in [3.63, 3.8) is 0 Å². The van der Waals surface area contributed by atoms with Crippen LogP contribution in [0.25, 0.3) is 0 Å². The fourth-order valence-corrected chi connectivity index (χ4v) is 3.21. The predicted molar refractivity (Wildman–Crippen MR) is 75.6 cm³/mol. The highest BCUT2D eigenvalue weighted by Gasteiger charge is 2.28. The van der Waals surface area contributed by atoms with Crippen LogP contribution in [0.1, 0.15) is 41.8 Å². The predicted octanol–water partition coefficient (Wildman–Crippen LogP) is 2.17. The number of thiophene rings is 1. The second-order valence-corrected chi connectivity index (χ2v) is 5.80. The molecule has 6 heteroatoms. The number of nitrogens with two attached hydrogens (primary N) is 1. The van der Waals surface area contributed by atoms with Crippen LogP contribution in [0.5, 0.6) is 0 Å². The lowest BCUT2D eigenvalue weighted by atomic mass is 9.83. The maximum Gasteiger partial charge on any atom is 0.261 e. The molecule has 1 fully saturated rings. The minimum absolute atomic E-state index is 0.0943. The molecule has 4 N–H and O–H groups in total. The third-order valence-electron chi connectivity index (χ3n) is 3.59. The Morgan fingerprint density at radius 2 is 2.21 bits per heavy atom. The quantitative estimate of drug-likeness (QED) is 0.342. The highest BCUT2D eigenvalue weighted by atomic mass is 32.1. The Morgan fingerprint density at radius 1 is 1.47 bits per heavy atom. The second-order valence-electron chi connectivity index (χ2n) is 4.85. The fraction of sp³-hybridized carbons (Fsp3) is 0.538. The summed E-state index contributed by atoms with van der Waals surface area (Å²) < 4.78 is 0. The van der Waals surface area contributed by atoms with E-state index in [-0.39, 0.29) is 23.7 Å². The van der Waals surface area contributed by atoms with Gasteiger partial charge in [0, 0.05) is 0 Å². The molecule has 0 aliphatic heterocycles. The first kappa shape index (κ1) is 13.9. The van der Waals surface area contributed by atoms with Crippen molar-refractivity contribution in [1.82, 2.24) is 5.32 Å². The number of rotatable bonds is 4. The van der Waals surface area contributed by atoms with Gasteiger partial charge in [-0.05, 0) is 30.2 Å². The Kier molecular flexibility index (Phi) is 4.79. The minimum atomic E-state index is -0.375. The number of carbonyl (C=O) groups excluding carboxylic acids is 1. The van der Waals surface area contributed by atoms with Gasteiger partial charge in [-0.2, -0.15) is 0 Å². The summed E-state index contributed by atoms with van der Waals surface area (Å²) in [6, 6.07) is 3.23. The SMILES string of the molecule is N/C(=N\O)C(NC(=O)c1cccs1)C1CCCCC1. The molecule has 1 amide bonds. The van der Waals surface area contributed by atoms with Crippen molar-refractivity contribution in [3.8, 4) is 0 Å². The number of hydrogen-bond acceptors (Lipinski definition) is 4. The fourth-order valence-electron chi connectivity index (χ4n) is 2.58. The van der Waals surface area contributed by atoms with Gasteiger partial charge in [0.2, 0.25) is 0 Å². The summed E-state index contributed by atoms with van der Waals surface area (Å²) >= 11 is 1.38. The molecule has 0 spiro atoms. The topological polar surface area (TPSA) is 87.7 Å². The third-order valence-corrected chi connectivity index (χ3v) is 4.46. The van der Waals surface area contributed by atoms with Gasteiger partial charge in [-0.15, -0.1) is 11.3 Å². The van der Waals surface area contributed by atoms with Crippen molar-refractivity contribution in [1.29, 1.82) is 0 Å². The van der Waals surface area contributed by atoms with E-state index in [0.29, 0.717) is 4.88 Å². The summed E-state index contributed by atoms with van der Waals surface area (Å²) in [6.07, 6.45) is 5.50. The van der Waals surface area contributed by atoms with Crippen LogP contribution in [0.3, 0.4) is 0 Å². The van der Waals surface area contributed by atoms with E-state index in [1.165, 1.54) is 17.8 Å². The van der Waals surface area contributed by atoms with Crippen molar-refractivity contribution in [2.45, 2.75) is 38.1 Å². The molecule has 1 saturated carbocycles. The van der Waals surface area contributed by atoms with Crippen LogP contribution in [-0.4, -0.2) is 23.0 Å². The van der Waals surface area contributed by atoms with Gasteiger partial charge in [-0.3, -0.25) is 4.79 Å². The van der Waals surface area contributed by atoms with Crippen LogP contribution < -0.4 is 11.1 Å². The van der Waals surface area contributed by atoms with Crippen molar-refractivity contribution in [3.05, 3.63) is 22.4 Å². The number of oxime groups is 1. The van der Waals surface area contributed by atoms with Crippen LogP contribution >= 0.6 is 11.3 Å². The summed E-state index contributed by atoms with van der Waals surface area (Å²) in [6.45, 7) is 0. The Bertz CT molecular complexity index is 439.